The quantitative estimate of drug-likeness (QED) is 0.707. The van der Waals surface area contributed by atoms with E-state index < -0.39 is 5.97 Å². The molecule has 0 fully saturated rings. The van der Waals surface area contributed by atoms with Gasteiger partial charge in [-0.2, -0.15) is 9.61 Å². The summed E-state index contributed by atoms with van der Waals surface area (Å²) in [5.41, 5.74) is 0.869. The monoisotopic (exact) mass is 220 g/mol. The fourth-order valence-electron chi connectivity index (χ4n) is 1.38. The predicted molar refractivity (Wildman–Crippen MR) is 56.2 cm³/mol. The van der Waals surface area contributed by atoms with E-state index in [-0.39, 0.29) is 11.6 Å². The second-order valence-electron chi connectivity index (χ2n) is 3.69. The summed E-state index contributed by atoms with van der Waals surface area (Å²) in [6.45, 7) is 3.98. The van der Waals surface area contributed by atoms with Crippen LogP contribution in [0.25, 0.3) is 5.65 Å². The molecule has 0 radical (unpaired) electrons. The van der Waals surface area contributed by atoms with Crippen molar-refractivity contribution < 1.29 is 9.53 Å². The molecule has 0 saturated carbocycles. The lowest BCUT2D eigenvalue weighted by atomic mass is 10.2. The highest BCUT2D eigenvalue weighted by Crippen LogP contribution is 2.12. The molecule has 0 spiro atoms. The first-order chi connectivity index (χ1) is 7.63. The van der Waals surface area contributed by atoms with E-state index in [9.17, 15) is 4.79 Å². The molecule has 0 atom stereocenters. The van der Waals surface area contributed by atoms with Crippen LogP contribution < -0.4 is 0 Å². The lowest BCUT2D eigenvalue weighted by molar-refractivity contribution is 0.0592. The smallest absolute Gasteiger partial charge is 0.358 e. The van der Waals surface area contributed by atoms with Crippen LogP contribution in [0.2, 0.25) is 0 Å². The minimum absolute atomic E-state index is 0.190. The second-order valence-corrected chi connectivity index (χ2v) is 3.69. The number of carbonyl (C=O) groups excluding carboxylic acids is 1. The lowest BCUT2D eigenvalue weighted by Gasteiger charge is -2.02. The normalized spacial score (nSPS) is 11.0. The molecule has 2 aromatic rings. The van der Waals surface area contributed by atoms with Crippen LogP contribution >= 0.6 is 0 Å². The van der Waals surface area contributed by atoms with Crippen molar-refractivity contribution in [1.29, 1.82) is 0 Å². The summed E-state index contributed by atoms with van der Waals surface area (Å²) < 4.78 is 6.17. The van der Waals surface area contributed by atoms with Gasteiger partial charge < -0.3 is 4.74 Å². The minimum Gasteiger partial charge on any atom is -0.464 e. The van der Waals surface area contributed by atoms with Crippen molar-refractivity contribution >= 4 is 11.6 Å². The number of hydrogen-bond donors (Lipinski definition) is 0. The molecule has 0 aliphatic heterocycles. The number of aromatic nitrogens is 4. The fraction of sp³-hybridized carbons (Fsp3) is 0.400. The molecule has 0 unspecified atom stereocenters. The first-order valence-corrected chi connectivity index (χ1v) is 4.94. The van der Waals surface area contributed by atoms with Gasteiger partial charge in [0.1, 0.15) is 0 Å². The van der Waals surface area contributed by atoms with Crippen LogP contribution in [0, 0.1) is 0 Å². The van der Waals surface area contributed by atoms with Crippen molar-refractivity contribution in [3.63, 3.8) is 0 Å². The molecule has 6 heteroatoms. The Labute approximate surface area is 92.2 Å². The van der Waals surface area contributed by atoms with E-state index in [1.165, 1.54) is 7.11 Å². The maximum Gasteiger partial charge on any atom is 0.358 e. The number of esters is 1. The van der Waals surface area contributed by atoms with Gasteiger partial charge in [-0.3, -0.25) is 0 Å². The SMILES string of the molecule is COC(=O)c1ccc2nnc(C(C)C)n2n1. The van der Waals surface area contributed by atoms with Crippen molar-refractivity contribution in [3.8, 4) is 0 Å². The molecule has 0 aliphatic rings. The van der Waals surface area contributed by atoms with Gasteiger partial charge in [-0.25, -0.2) is 4.79 Å². The summed E-state index contributed by atoms with van der Waals surface area (Å²) in [6, 6.07) is 3.26. The average Bonchev–Trinajstić information content (AvgIpc) is 2.70. The molecule has 2 rings (SSSR count). The number of ether oxygens (including phenoxy) is 1. The number of methoxy groups -OCH3 is 1. The zero-order valence-electron chi connectivity index (χ0n) is 9.34. The zero-order chi connectivity index (χ0) is 11.7. The Morgan fingerprint density at radius 3 is 2.75 bits per heavy atom. The molecule has 16 heavy (non-hydrogen) atoms. The molecule has 0 amide bonds. The van der Waals surface area contributed by atoms with Crippen LogP contribution in [0.4, 0.5) is 0 Å². The summed E-state index contributed by atoms with van der Waals surface area (Å²) in [4.78, 5) is 11.3. The Balaban J connectivity index is 2.58. The van der Waals surface area contributed by atoms with Crippen LogP contribution in [0.3, 0.4) is 0 Å². The summed E-state index contributed by atoms with van der Waals surface area (Å²) >= 11 is 0. The molecule has 84 valence electrons. The standard InChI is InChI=1S/C10H12N4O2/c1-6(2)9-12-11-8-5-4-7(10(15)16-3)13-14(8)9/h4-6H,1-3H3. The predicted octanol–water partition coefficient (Wildman–Crippen LogP) is 1.03. The third-order valence-electron chi connectivity index (χ3n) is 2.20. The average molecular weight is 220 g/mol. The number of carbonyl (C=O) groups is 1. The summed E-state index contributed by atoms with van der Waals surface area (Å²) in [6.07, 6.45) is 0. The summed E-state index contributed by atoms with van der Waals surface area (Å²) in [5.74, 6) is 0.446. The van der Waals surface area contributed by atoms with E-state index in [1.807, 2.05) is 13.8 Å². The molecular weight excluding hydrogens is 208 g/mol. The third kappa shape index (κ3) is 1.62. The fourth-order valence-corrected chi connectivity index (χ4v) is 1.38. The molecule has 2 aromatic heterocycles. The summed E-state index contributed by atoms with van der Waals surface area (Å²) in [7, 11) is 1.32. The van der Waals surface area contributed by atoms with Gasteiger partial charge in [0.15, 0.2) is 17.2 Å². The van der Waals surface area contributed by atoms with Crippen molar-refractivity contribution in [2.45, 2.75) is 19.8 Å². The Morgan fingerprint density at radius 1 is 1.38 bits per heavy atom. The Hall–Kier alpha value is -1.98. The maximum atomic E-state index is 11.3. The molecule has 0 bridgehead atoms. The molecule has 0 N–H and O–H groups in total. The summed E-state index contributed by atoms with van der Waals surface area (Å²) in [5, 5.41) is 12.1. The van der Waals surface area contributed by atoms with Crippen LogP contribution in [-0.4, -0.2) is 32.9 Å². The van der Waals surface area contributed by atoms with E-state index in [1.54, 1.807) is 16.6 Å². The molecule has 0 aliphatic carbocycles. The van der Waals surface area contributed by atoms with Crippen LogP contribution in [0.5, 0.6) is 0 Å². The van der Waals surface area contributed by atoms with Crippen molar-refractivity contribution in [2.75, 3.05) is 7.11 Å². The third-order valence-corrected chi connectivity index (χ3v) is 2.20. The zero-order valence-corrected chi connectivity index (χ0v) is 9.34. The highest BCUT2D eigenvalue weighted by atomic mass is 16.5. The molecule has 6 nitrogen and oxygen atoms in total. The first-order valence-electron chi connectivity index (χ1n) is 4.94. The first kappa shape index (κ1) is 10.5. The molecule has 0 aromatic carbocycles. The lowest BCUT2D eigenvalue weighted by Crippen LogP contribution is -2.09. The van der Waals surface area contributed by atoms with E-state index in [0.29, 0.717) is 5.65 Å². The van der Waals surface area contributed by atoms with Crippen LogP contribution in [0.1, 0.15) is 36.1 Å². The topological polar surface area (TPSA) is 69.4 Å². The van der Waals surface area contributed by atoms with E-state index >= 15 is 0 Å². The molecule has 2 heterocycles. The Kier molecular flexibility index (Phi) is 2.55. The van der Waals surface area contributed by atoms with Gasteiger partial charge in [-0.1, -0.05) is 13.8 Å². The number of rotatable bonds is 2. The van der Waals surface area contributed by atoms with Gasteiger partial charge >= 0.3 is 5.97 Å². The Morgan fingerprint density at radius 2 is 2.12 bits per heavy atom. The minimum atomic E-state index is -0.467. The van der Waals surface area contributed by atoms with E-state index in [2.05, 4.69) is 20.0 Å². The molecule has 0 saturated heterocycles. The van der Waals surface area contributed by atoms with Crippen molar-refractivity contribution in [3.05, 3.63) is 23.7 Å². The van der Waals surface area contributed by atoms with Gasteiger partial charge in [0.2, 0.25) is 0 Å². The van der Waals surface area contributed by atoms with Crippen molar-refractivity contribution in [1.82, 2.24) is 19.8 Å². The highest BCUT2D eigenvalue weighted by Gasteiger charge is 2.13. The van der Waals surface area contributed by atoms with Crippen molar-refractivity contribution in [2.24, 2.45) is 0 Å². The van der Waals surface area contributed by atoms with E-state index in [0.717, 1.165) is 5.82 Å². The van der Waals surface area contributed by atoms with Gasteiger partial charge in [0.05, 0.1) is 7.11 Å². The Bertz CT molecular complexity index is 533. The van der Waals surface area contributed by atoms with Gasteiger partial charge in [-0.05, 0) is 12.1 Å². The molecular formula is C10H12N4O2. The van der Waals surface area contributed by atoms with Crippen LogP contribution in [-0.2, 0) is 4.74 Å². The number of fused-ring (bicyclic) bond motifs is 1. The van der Waals surface area contributed by atoms with Gasteiger partial charge in [0.25, 0.3) is 0 Å². The maximum absolute atomic E-state index is 11.3. The van der Waals surface area contributed by atoms with E-state index in [4.69, 9.17) is 0 Å². The van der Waals surface area contributed by atoms with Gasteiger partial charge in [0, 0.05) is 5.92 Å². The van der Waals surface area contributed by atoms with Crippen LogP contribution in [0.15, 0.2) is 12.1 Å². The highest BCUT2D eigenvalue weighted by molar-refractivity contribution is 5.87. The number of hydrogen-bond acceptors (Lipinski definition) is 5. The second kappa shape index (κ2) is 3.88. The van der Waals surface area contributed by atoms with Gasteiger partial charge in [-0.15, -0.1) is 10.2 Å². The number of nitrogens with zero attached hydrogens (tertiary/aromatic N) is 4. The largest absolute Gasteiger partial charge is 0.464 e.